The summed E-state index contributed by atoms with van der Waals surface area (Å²) in [7, 11) is -3.64. The van der Waals surface area contributed by atoms with E-state index in [4.69, 9.17) is 15.7 Å². The molecule has 1 aromatic carbocycles. The van der Waals surface area contributed by atoms with E-state index >= 15 is 0 Å². The van der Waals surface area contributed by atoms with Crippen LogP contribution in [0.25, 0.3) is 0 Å². The van der Waals surface area contributed by atoms with Crippen molar-refractivity contribution in [2.75, 3.05) is 13.1 Å². The van der Waals surface area contributed by atoms with Gasteiger partial charge in [0.2, 0.25) is 10.0 Å². The molecule has 0 saturated carbocycles. The van der Waals surface area contributed by atoms with Gasteiger partial charge in [-0.3, -0.25) is 4.79 Å². The smallest absolute Gasteiger partial charge is 0.252 e. The zero-order valence-electron chi connectivity index (χ0n) is 12.2. The number of nitrogens with two attached hydrogens (primary N) is 1. The number of hydrogen-bond acceptors (Lipinski definition) is 5. The lowest BCUT2D eigenvalue weighted by molar-refractivity contribution is 0.0995. The summed E-state index contributed by atoms with van der Waals surface area (Å²) >= 11 is 0. The molecule has 0 unspecified atom stereocenters. The van der Waals surface area contributed by atoms with E-state index in [1.54, 1.807) is 0 Å². The molecule has 0 bridgehead atoms. The average Bonchev–Trinajstić information content (AvgIpc) is 3.02. The first-order valence-electron chi connectivity index (χ1n) is 6.86. The second-order valence-electron chi connectivity index (χ2n) is 5.02. The molecule has 0 aliphatic carbocycles. The Morgan fingerprint density at radius 1 is 1.41 bits per heavy atom. The van der Waals surface area contributed by atoms with Gasteiger partial charge in [0.1, 0.15) is 11.8 Å². The molecule has 0 radical (unpaired) electrons. The highest BCUT2D eigenvalue weighted by atomic mass is 32.2. The molecule has 1 aliphatic heterocycles. The lowest BCUT2D eigenvalue weighted by Crippen LogP contribution is -2.28. The first kappa shape index (κ1) is 16.3. The molecule has 1 saturated heterocycles. The predicted molar refractivity (Wildman–Crippen MR) is 78.7 cm³/mol. The molecule has 0 aromatic heterocycles. The molecule has 1 fully saturated rings. The number of carbonyl (C=O) groups is 1. The highest BCUT2D eigenvalue weighted by molar-refractivity contribution is 7.89. The van der Waals surface area contributed by atoms with E-state index in [1.165, 1.54) is 29.4 Å². The Bertz CT molecular complexity index is 718. The van der Waals surface area contributed by atoms with Crippen LogP contribution in [-0.4, -0.2) is 37.8 Å². The third-order valence-electron chi connectivity index (χ3n) is 3.40. The van der Waals surface area contributed by atoms with E-state index in [-0.39, 0.29) is 16.2 Å². The van der Waals surface area contributed by atoms with Crippen molar-refractivity contribution in [2.45, 2.75) is 30.8 Å². The van der Waals surface area contributed by atoms with Gasteiger partial charge >= 0.3 is 0 Å². The number of sulfonamides is 1. The van der Waals surface area contributed by atoms with E-state index in [0.717, 1.165) is 12.8 Å². The fraction of sp³-hybridized carbons (Fsp3) is 0.429. The quantitative estimate of drug-likeness (QED) is 0.863. The minimum atomic E-state index is -3.64. The van der Waals surface area contributed by atoms with E-state index in [0.29, 0.717) is 13.1 Å². The fourth-order valence-corrected chi connectivity index (χ4v) is 3.80. The summed E-state index contributed by atoms with van der Waals surface area (Å²) in [6.07, 6.45) is 0.866. The van der Waals surface area contributed by atoms with Crippen molar-refractivity contribution in [3.8, 4) is 11.8 Å². The molecule has 1 atom stereocenters. The summed E-state index contributed by atoms with van der Waals surface area (Å²) in [5, 5.41) is 8.76. The van der Waals surface area contributed by atoms with Crippen LogP contribution < -0.4 is 10.5 Å². The number of benzene rings is 1. The standard InChI is InChI=1S/C14H17N3O4S/c1-10(9-15)21-13-5-4-11(8-12(13)14(16)18)22(19,20)17-6-2-3-7-17/h4-5,8,10H,2-3,6-7H2,1H3,(H2,16,18)/t10-/m1/s1. The molecule has 118 valence electrons. The Kier molecular flexibility index (Phi) is 4.68. The third-order valence-corrected chi connectivity index (χ3v) is 5.30. The van der Waals surface area contributed by atoms with Crippen molar-refractivity contribution >= 4 is 15.9 Å². The largest absolute Gasteiger partial charge is 0.475 e. The molecule has 22 heavy (non-hydrogen) atoms. The molecule has 1 heterocycles. The maximum atomic E-state index is 12.5. The molecule has 0 spiro atoms. The van der Waals surface area contributed by atoms with E-state index in [2.05, 4.69) is 0 Å². The molecule has 2 N–H and O–H groups in total. The van der Waals surface area contributed by atoms with Gasteiger partial charge in [0.05, 0.1) is 10.5 Å². The van der Waals surface area contributed by atoms with Gasteiger partial charge in [-0.2, -0.15) is 9.57 Å². The van der Waals surface area contributed by atoms with Crippen LogP contribution in [0, 0.1) is 11.3 Å². The lowest BCUT2D eigenvalue weighted by Gasteiger charge is -2.17. The third kappa shape index (κ3) is 3.21. The summed E-state index contributed by atoms with van der Waals surface area (Å²) in [5.41, 5.74) is 5.23. The second kappa shape index (κ2) is 6.34. The summed E-state index contributed by atoms with van der Waals surface area (Å²) in [5.74, 6) is -0.708. The Morgan fingerprint density at radius 3 is 2.59 bits per heavy atom. The Hall–Kier alpha value is -2.11. The van der Waals surface area contributed by atoms with Crippen LogP contribution in [0.15, 0.2) is 23.1 Å². The van der Waals surface area contributed by atoms with E-state index in [9.17, 15) is 13.2 Å². The minimum Gasteiger partial charge on any atom is -0.475 e. The molecule has 2 rings (SSSR count). The Labute approximate surface area is 129 Å². The summed E-state index contributed by atoms with van der Waals surface area (Å²) in [4.78, 5) is 11.5. The monoisotopic (exact) mass is 323 g/mol. The second-order valence-corrected chi connectivity index (χ2v) is 6.96. The first-order valence-corrected chi connectivity index (χ1v) is 8.30. The van der Waals surface area contributed by atoms with Crippen molar-refractivity contribution in [3.63, 3.8) is 0 Å². The topological polar surface area (TPSA) is 113 Å². The molecule has 1 aliphatic rings. The summed E-state index contributed by atoms with van der Waals surface area (Å²) in [6.45, 7) is 2.45. The van der Waals surface area contributed by atoms with Gasteiger partial charge in [-0.1, -0.05) is 0 Å². The van der Waals surface area contributed by atoms with Gasteiger partial charge in [0.25, 0.3) is 5.91 Å². The number of hydrogen-bond donors (Lipinski definition) is 1. The molecule has 8 heteroatoms. The van der Waals surface area contributed by atoms with Gasteiger partial charge in [0.15, 0.2) is 6.10 Å². The van der Waals surface area contributed by atoms with Gasteiger partial charge in [-0.05, 0) is 38.0 Å². The zero-order chi connectivity index (χ0) is 16.3. The van der Waals surface area contributed by atoms with Crippen LogP contribution in [0.4, 0.5) is 0 Å². The SMILES string of the molecule is C[C@H](C#N)Oc1ccc(S(=O)(=O)N2CCCC2)cc1C(N)=O. The van der Waals surface area contributed by atoms with Crippen molar-refractivity contribution in [2.24, 2.45) is 5.73 Å². The highest BCUT2D eigenvalue weighted by Gasteiger charge is 2.28. The van der Waals surface area contributed by atoms with Crippen LogP contribution in [0.5, 0.6) is 5.75 Å². The van der Waals surface area contributed by atoms with Crippen molar-refractivity contribution < 1.29 is 17.9 Å². The lowest BCUT2D eigenvalue weighted by atomic mass is 10.2. The number of nitriles is 1. The van der Waals surface area contributed by atoms with Crippen LogP contribution in [0.3, 0.4) is 0 Å². The average molecular weight is 323 g/mol. The minimum absolute atomic E-state index is 0.000149. The van der Waals surface area contributed by atoms with Crippen LogP contribution in [-0.2, 0) is 10.0 Å². The molecule has 1 aromatic rings. The van der Waals surface area contributed by atoms with Crippen molar-refractivity contribution in [1.82, 2.24) is 4.31 Å². The first-order chi connectivity index (χ1) is 10.4. The number of amides is 1. The number of primary amides is 1. The van der Waals surface area contributed by atoms with Gasteiger partial charge < -0.3 is 10.5 Å². The zero-order valence-corrected chi connectivity index (χ0v) is 13.0. The van der Waals surface area contributed by atoms with Gasteiger partial charge in [0, 0.05) is 13.1 Å². The van der Waals surface area contributed by atoms with E-state index in [1.807, 2.05) is 6.07 Å². The van der Waals surface area contributed by atoms with Crippen LogP contribution in [0.1, 0.15) is 30.1 Å². The molecule has 7 nitrogen and oxygen atoms in total. The number of rotatable bonds is 5. The van der Waals surface area contributed by atoms with E-state index < -0.39 is 22.0 Å². The van der Waals surface area contributed by atoms with Crippen molar-refractivity contribution in [1.29, 1.82) is 5.26 Å². The Balaban J connectivity index is 2.41. The normalized spacial score (nSPS) is 16.9. The summed E-state index contributed by atoms with van der Waals surface area (Å²) < 4.78 is 31.6. The molecular formula is C14H17N3O4S. The molecular weight excluding hydrogens is 306 g/mol. The van der Waals surface area contributed by atoms with Gasteiger partial charge in [-0.15, -0.1) is 0 Å². The number of nitrogens with zero attached hydrogens (tertiary/aromatic N) is 2. The number of carbonyl (C=O) groups excluding carboxylic acids is 1. The maximum Gasteiger partial charge on any atom is 0.252 e. The molecule has 1 amide bonds. The maximum absolute atomic E-state index is 12.5. The summed E-state index contributed by atoms with van der Waals surface area (Å²) in [6, 6.07) is 5.79. The fourth-order valence-electron chi connectivity index (χ4n) is 2.26. The van der Waals surface area contributed by atoms with Crippen LogP contribution in [0.2, 0.25) is 0 Å². The van der Waals surface area contributed by atoms with Crippen molar-refractivity contribution in [3.05, 3.63) is 23.8 Å². The van der Waals surface area contributed by atoms with Crippen LogP contribution >= 0.6 is 0 Å². The number of ether oxygens (including phenoxy) is 1. The van der Waals surface area contributed by atoms with Gasteiger partial charge in [-0.25, -0.2) is 8.42 Å². The Morgan fingerprint density at radius 2 is 2.05 bits per heavy atom. The predicted octanol–water partition coefficient (Wildman–Crippen LogP) is 0.861. The highest BCUT2D eigenvalue weighted by Crippen LogP contribution is 2.27.